The fourth-order valence-electron chi connectivity index (χ4n) is 4.87. The Morgan fingerprint density at radius 2 is 1.23 bits per heavy atom. The molecule has 240 valence electrons. The molecule has 2 aliphatic heterocycles. The Kier molecular flexibility index (Phi) is 8.87. The molecule has 44 heavy (non-hydrogen) atoms. The predicted molar refractivity (Wildman–Crippen MR) is 142 cm³/mol. The van der Waals surface area contributed by atoms with E-state index < -0.39 is 114 Å². The second-order valence-electron chi connectivity index (χ2n) is 10.2. The molecule has 2 aliphatic rings. The van der Waals surface area contributed by atoms with Gasteiger partial charge in [0.2, 0.25) is 23.8 Å². The van der Waals surface area contributed by atoms with Gasteiger partial charge in [-0.15, -0.1) is 0 Å². The van der Waals surface area contributed by atoms with Crippen LogP contribution in [-0.4, -0.2) is 131 Å². The molecule has 17 nitrogen and oxygen atoms in total. The van der Waals surface area contributed by atoms with E-state index in [1.54, 1.807) is 0 Å². The van der Waals surface area contributed by atoms with E-state index in [2.05, 4.69) is 0 Å². The lowest BCUT2D eigenvalue weighted by Crippen LogP contribution is -2.60. The van der Waals surface area contributed by atoms with E-state index in [4.69, 9.17) is 23.4 Å². The highest BCUT2D eigenvalue weighted by atomic mass is 16.7. The van der Waals surface area contributed by atoms with E-state index >= 15 is 0 Å². The maximum absolute atomic E-state index is 13.7. The number of phenolic OH excluding ortho intramolecular Hbond substituents is 3. The smallest absolute Gasteiger partial charge is 0.239 e. The highest BCUT2D eigenvalue weighted by Crippen LogP contribution is 2.40. The third-order valence-electron chi connectivity index (χ3n) is 7.33. The number of ether oxygens (including phenoxy) is 4. The van der Waals surface area contributed by atoms with Crippen LogP contribution in [0, 0.1) is 0 Å². The number of fused-ring (bicyclic) bond motifs is 1. The van der Waals surface area contributed by atoms with Crippen LogP contribution in [0.15, 0.2) is 39.5 Å². The van der Waals surface area contributed by atoms with Crippen molar-refractivity contribution in [1.82, 2.24) is 0 Å². The minimum absolute atomic E-state index is 0.0707. The molecule has 1 aromatic heterocycles. The third kappa shape index (κ3) is 5.61. The number of hydrogen-bond acceptors (Lipinski definition) is 17. The SMILES string of the molecule is O=c1c(O[C@@H]2O[C@H](CO)[C@H](O)[C@H](O)[C@H]2O)c(-c2ccc(O)c(O)c2)oc2cc(O[C@H]3O[C@H](CO)[C@H](O)[C@H](O)[C@H]3O)cc(O)c12. The van der Waals surface area contributed by atoms with Crippen molar-refractivity contribution in [2.24, 2.45) is 0 Å². The van der Waals surface area contributed by atoms with Crippen LogP contribution in [0.4, 0.5) is 0 Å². The molecule has 2 fully saturated rings. The number of aliphatic hydroxyl groups excluding tert-OH is 8. The van der Waals surface area contributed by atoms with Gasteiger partial charge in [-0.1, -0.05) is 0 Å². The van der Waals surface area contributed by atoms with Gasteiger partial charge in [0, 0.05) is 17.7 Å². The van der Waals surface area contributed by atoms with Gasteiger partial charge in [-0.2, -0.15) is 0 Å². The molecule has 0 amide bonds. The summed E-state index contributed by atoms with van der Waals surface area (Å²) in [6.45, 7) is -1.53. The molecular formula is C27H30O17. The first-order valence-electron chi connectivity index (χ1n) is 13.2. The second kappa shape index (κ2) is 12.3. The van der Waals surface area contributed by atoms with Gasteiger partial charge in [0.15, 0.2) is 17.3 Å². The summed E-state index contributed by atoms with van der Waals surface area (Å²) in [4.78, 5) is 13.7. The van der Waals surface area contributed by atoms with Crippen LogP contribution in [0.2, 0.25) is 0 Å². The van der Waals surface area contributed by atoms with Gasteiger partial charge in [0.25, 0.3) is 0 Å². The quantitative estimate of drug-likeness (QED) is 0.116. The Morgan fingerprint density at radius 3 is 1.77 bits per heavy atom. The number of rotatable bonds is 7. The largest absolute Gasteiger partial charge is 0.507 e. The molecule has 0 saturated carbocycles. The Bertz CT molecular complexity index is 1550. The summed E-state index contributed by atoms with van der Waals surface area (Å²) in [5, 5.41) is 110. The van der Waals surface area contributed by atoms with Gasteiger partial charge in [-0.25, -0.2) is 0 Å². The van der Waals surface area contributed by atoms with E-state index in [1.807, 2.05) is 0 Å². The maximum Gasteiger partial charge on any atom is 0.239 e. The average molecular weight is 627 g/mol. The average Bonchev–Trinajstić information content (AvgIpc) is 2.99. The van der Waals surface area contributed by atoms with E-state index in [0.717, 1.165) is 24.3 Å². The van der Waals surface area contributed by atoms with Crippen LogP contribution >= 0.6 is 0 Å². The first-order valence-corrected chi connectivity index (χ1v) is 13.2. The molecule has 10 atom stereocenters. The van der Waals surface area contributed by atoms with Crippen molar-refractivity contribution in [2.75, 3.05) is 13.2 Å². The maximum atomic E-state index is 13.7. The van der Waals surface area contributed by atoms with Crippen LogP contribution in [0.5, 0.6) is 28.7 Å². The van der Waals surface area contributed by atoms with Gasteiger partial charge in [0.1, 0.15) is 71.3 Å². The van der Waals surface area contributed by atoms with E-state index in [1.165, 1.54) is 6.07 Å². The molecule has 0 unspecified atom stereocenters. The minimum Gasteiger partial charge on any atom is -0.507 e. The zero-order chi connectivity index (χ0) is 32.0. The zero-order valence-corrected chi connectivity index (χ0v) is 22.4. The zero-order valence-electron chi connectivity index (χ0n) is 22.4. The Hall–Kier alpha value is -3.75. The van der Waals surface area contributed by atoms with Crippen LogP contribution in [-0.2, 0) is 9.47 Å². The van der Waals surface area contributed by atoms with Crippen molar-refractivity contribution in [3.63, 3.8) is 0 Å². The molecule has 3 heterocycles. The van der Waals surface area contributed by atoms with Gasteiger partial charge in [-0.05, 0) is 18.2 Å². The first-order chi connectivity index (χ1) is 20.9. The molecule has 0 bridgehead atoms. The number of aliphatic hydroxyl groups is 8. The predicted octanol–water partition coefficient (Wildman–Crippen LogP) is -3.07. The van der Waals surface area contributed by atoms with Crippen molar-refractivity contribution >= 4 is 11.0 Å². The minimum atomic E-state index is -1.94. The fourth-order valence-corrected chi connectivity index (χ4v) is 4.87. The van der Waals surface area contributed by atoms with Crippen LogP contribution in [0.25, 0.3) is 22.3 Å². The van der Waals surface area contributed by atoms with Crippen molar-refractivity contribution in [1.29, 1.82) is 0 Å². The Morgan fingerprint density at radius 1 is 0.659 bits per heavy atom. The van der Waals surface area contributed by atoms with E-state index in [9.17, 15) is 61.0 Å². The molecule has 2 saturated heterocycles. The monoisotopic (exact) mass is 626 g/mol. The lowest BCUT2D eigenvalue weighted by Gasteiger charge is -2.39. The van der Waals surface area contributed by atoms with Crippen LogP contribution < -0.4 is 14.9 Å². The first kappa shape index (κ1) is 31.7. The van der Waals surface area contributed by atoms with Crippen LogP contribution in [0.3, 0.4) is 0 Å². The molecule has 2 aromatic carbocycles. The van der Waals surface area contributed by atoms with Crippen LogP contribution in [0.1, 0.15) is 0 Å². The highest BCUT2D eigenvalue weighted by molar-refractivity contribution is 5.88. The highest BCUT2D eigenvalue weighted by Gasteiger charge is 2.46. The van der Waals surface area contributed by atoms with Gasteiger partial charge >= 0.3 is 0 Å². The summed E-state index contributed by atoms with van der Waals surface area (Å²) >= 11 is 0. The fraction of sp³-hybridized carbons (Fsp3) is 0.444. The number of aromatic hydroxyl groups is 3. The topological polar surface area (TPSA) is 290 Å². The molecule has 3 aromatic rings. The summed E-state index contributed by atoms with van der Waals surface area (Å²) in [5.74, 6) is -3.35. The Labute approximate surface area is 246 Å². The van der Waals surface area contributed by atoms with E-state index in [-0.39, 0.29) is 16.9 Å². The molecule has 0 radical (unpaired) electrons. The summed E-state index contributed by atoms with van der Waals surface area (Å²) < 4.78 is 27.6. The van der Waals surface area contributed by atoms with Crippen molar-refractivity contribution < 1.29 is 79.5 Å². The van der Waals surface area contributed by atoms with Gasteiger partial charge in [0.05, 0.1) is 13.2 Å². The standard InChI is InChI=1S/C27H30O17/c28-6-14-17(33)20(36)22(38)26(42-14)40-9-4-12(32)16-13(5-9)41-24(8-1-2-10(30)11(31)3-8)25(19(16)35)44-27-23(39)21(37)18(34)15(7-29)43-27/h1-5,14-15,17-18,20-23,26-34,36-39H,6-7H2/t14-,15-,17+,18+,20+,21+,22-,23-,26+,27+/m1/s1. The Balaban J connectivity index is 1.60. The summed E-state index contributed by atoms with van der Waals surface area (Å²) in [6.07, 6.45) is -17.0. The number of benzene rings is 2. The lowest BCUT2D eigenvalue weighted by molar-refractivity contribution is -0.277. The lowest BCUT2D eigenvalue weighted by atomic mass is 9.99. The third-order valence-corrected chi connectivity index (χ3v) is 7.33. The summed E-state index contributed by atoms with van der Waals surface area (Å²) in [6, 6.07) is 5.27. The van der Waals surface area contributed by atoms with E-state index in [0.29, 0.717) is 0 Å². The summed E-state index contributed by atoms with van der Waals surface area (Å²) in [5.41, 5.74) is -1.50. The number of phenols is 3. The molecule has 0 aliphatic carbocycles. The van der Waals surface area contributed by atoms with Crippen molar-refractivity contribution in [3.05, 3.63) is 40.6 Å². The molecule has 0 spiro atoms. The van der Waals surface area contributed by atoms with Gasteiger partial charge < -0.3 is 79.5 Å². The molecule has 17 heteroatoms. The van der Waals surface area contributed by atoms with Crippen molar-refractivity contribution in [2.45, 2.75) is 61.4 Å². The number of hydrogen-bond donors (Lipinski definition) is 11. The van der Waals surface area contributed by atoms with Crippen molar-refractivity contribution in [3.8, 4) is 40.1 Å². The van der Waals surface area contributed by atoms with Gasteiger partial charge in [-0.3, -0.25) is 4.79 Å². The summed E-state index contributed by atoms with van der Waals surface area (Å²) in [7, 11) is 0. The molecule has 5 rings (SSSR count). The second-order valence-corrected chi connectivity index (χ2v) is 10.2. The molecular weight excluding hydrogens is 596 g/mol. The normalized spacial score (nSPS) is 32.5. The molecule has 11 N–H and O–H groups in total.